The number of nitrogens with one attached hydrogen (secondary N) is 3. The van der Waals surface area contributed by atoms with Crippen LogP contribution in [0.15, 0.2) is 24.3 Å². The molecule has 0 aromatic heterocycles. The fourth-order valence-electron chi connectivity index (χ4n) is 4.85. The van der Waals surface area contributed by atoms with Crippen LogP contribution in [0.25, 0.3) is 0 Å². The molecule has 2 aliphatic heterocycles. The highest BCUT2D eigenvalue weighted by Crippen LogP contribution is 2.23. The van der Waals surface area contributed by atoms with Crippen LogP contribution in [0.1, 0.15) is 58.4 Å². The summed E-state index contributed by atoms with van der Waals surface area (Å²) in [5.41, 5.74) is 2.46. The van der Waals surface area contributed by atoms with Crippen molar-refractivity contribution in [1.29, 1.82) is 0 Å². The van der Waals surface area contributed by atoms with Gasteiger partial charge in [-0.15, -0.1) is 0 Å². The van der Waals surface area contributed by atoms with Gasteiger partial charge in [-0.25, -0.2) is 0 Å². The molecule has 2 unspecified atom stereocenters. The van der Waals surface area contributed by atoms with Gasteiger partial charge in [0.2, 0.25) is 0 Å². The number of fused-ring (bicyclic) bond motifs is 2. The summed E-state index contributed by atoms with van der Waals surface area (Å²) in [6.45, 7) is 8.23. The predicted molar refractivity (Wildman–Crippen MR) is 110 cm³/mol. The maximum absolute atomic E-state index is 5.63. The summed E-state index contributed by atoms with van der Waals surface area (Å²) in [6.07, 6.45) is 7.72. The Labute approximate surface area is 158 Å². The van der Waals surface area contributed by atoms with Crippen LogP contribution < -0.4 is 15.5 Å². The second-order valence-electron chi connectivity index (χ2n) is 8.28. The number of thiocarbonyl (C=S) groups is 1. The molecule has 3 rings (SSSR count). The van der Waals surface area contributed by atoms with Crippen molar-refractivity contribution < 1.29 is 4.90 Å². The molecule has 4 heteroatoms. The number of hydrogen-bond acceptors (Lipinski definition) is 1. The molecule has 0 spiro atoms. The molecule has 25 heavy (non-hydrogen) atoms. The van der Waals surface area contributed by atoms with Crippen LogP contribution in [-0.2, 0) is 6.42 Å². The van der Waals surface area contributed by atoms with E-state index in [4.69, 9.17) is 12.2 Å². The van der Waals surface area contributed by atoms with Crippen LogP contribution in [0.5, 0.6) is 0 Å². The van der Waals surface area contributed by atoms with Crippen molar-refractivity contribution in [2.24, 2.45) is 5.92 Å². The lowest BCUT2D eigenvalue weighted by molar-refractivity contribution is -0.963. The number of anilines is 1. The van der Waals surface area contributed by atoms with E-state index in [1.807, 2.05) is 4.90 Å². The van der Waals surface area contributed by atoms with E-state index in [9.17, 15) is 0 Å². The second kappa shape index (κ2) is 8.50. The van der Waals surface area contributed by atoms with Gasteiger partial charge in [0.05, 0.1) is 18.6 Å². The van der Waals surface area contributed by atoms with E-state index < -0.39 is 0 Å². The quantitative estimate of drug-likeness (QED) is 0.705. The molecule has 2 heterocycles. The molecule has 4 atom stereocenters. The maximum Gasteiger partial charge on any atom is 0.171 e. The standard InChI is InChI=1S/C21H33N3S/c1-4-16-8-5-6-11-20(16)23-21(25)22-17-12-18-9-7-10-19(13-17)24(18)14-15(2)3/h5-6,8,11,15,17-19H,4,7,9-10,12-14H2,1-3H3,(H2,22,23,25)/p+1/t17?,18-,19+. The third kappa shape index (κ3) is 4.73. The highest BCUT2D eigenvalue weighted by atomic mass is 32.1. The van der Waals surface area contributed by atoms with Crippen molar-refractivity contribution in [1.82, 2.24) is 5.32 Å². The average Bonchev–Trinajstić information content (AvgIpc) is 2.55. The third-order valence-corrected chi connectivity index (χ3v) is 6.14. The predicted octanol–water partition coefficient (Wildman–Crippen LogP) is 3.16. The van der Waals surface area contributed by atoms with Crippen LogP contribution in [0.2, 0.25) is 0 Å². The Morgan fingerprint density at radius 3 is 2.52 bits per heavy atom. The van der Waals surface area contributed by atoms with Crippen LogP contribution >= 0.6 is 12.2 Å². The van der Waals surface area contributed by atoms with Crippen LogP contribution in [0.3, 0.4) is 0 Å². The number of piperidine rings is 2. The van der Waals surface area contributed by atoms with Gasteiger partial charge in [0.1, 0.15) is 0 Å². The van der Waals surface area contributed by atoms with E-state index in [1.165, 1.54) is 44.2 Å². The zero-order valence-corrected chi connectivity index (χ0v) is 16.8. The highest BCUT2D eigenvalue weighted by molar-refractivity contribution is 7.80. The molecular formula is C21H34N3S+. The minimum absolute atomic E-state index is 0.528. The summed E-state index contributed by atoms with van der Waals surface area (Å²) in [5.74, 6) is 0.788. The topological polar surface area (TPSA) is 28.5 Å². The summed E-state index contributed by atoms with van der Waals surface area (Å²) in [6, 6.07) is 10.6. The van der Waals surface area contributed by atoms with Crippen LogP contribution in [0.4, 0.5) is 5.69 Å². The molecule has 1 aromatic rings. The summed E-state index contributed by atoms with van der Waals surface area (Å²) >= 11 is 5.63. The number of benzene rings is 1. The molecule has 138 valence electrons. The van der Waals surface area contributed by atoms with E-state index >= 15 is 0 Å². The first-order valence-corrected chi connectivity index (χ1v) is 10.5. The van der Waals surface area contributed by atoms with Crippen molar-refractivity contribution in [3.8, 4) is 0 Å². The van der Waals surface area contributed by atoms with Gasteiger partial charge in [0.15, 0.2) is 5.11 Å². The first kappa shape index (κ1) is 18.7. The summed E-state index contributed by atoms with van der Waals surface area (Å²) in [4.78, 5) is 1.87. The highest BCUT2D eigenvalue weighted by Gasteiger charge is 2.41. The molecule has 1 aromatic carbocycles. The van der Waals surface area contributed by atoms with Gasteiger partial charge in [0, 0.05) is 30.5 Å². The molecular weight excluding hydrogens is 326 g/mol. The SMILES string of the molecule is CCc1ccccc1NC(=S)NC1C[C@H]2CCC[C@@H](C1)[NH+]2CC(C)C. The first-order valence-electron chi connectivity index (χ1n) is 10.1. The van der Waals surface area contributed by atoms with E-state index in [2.05, 4.69) is 55.7 Å². The number of hydrogen-bond donors (Lipinski definition) is 3. The zero-order chi connectivity index (χ0) is 17.8. The molecule has 2 aliphatic rings. The lowest BCUT2D eigenvalue weighted by Crippen LogP contribution is -3.21. The van der Waals surface area contributed by atoms with Gasteiger partial charge in [-0.1, -0.05) is 39.0 Å². The Hall–Kier alpha value is -1.13. The minimum atomic E-state index is 0.528. The van der Waals surface area contributed by atoms with Gasteiger partial charge in [-0.3, -0.25) is 0 Å². The van der Waals surface area contributed by atoms with Gasteiger partial charge in [-0.05, 0) is 49.5 Å². The molecule has 3 N–H and O–H groups in total. The monoisotopic (exact) mass is 360 g/mol. The van der Waals surface area contributed by atoms with E-state index in [0.717, 1.165) is 35.2 Å². The largest absolute Gasteiger partial charge is 0.359 e. The molecule has 2 saturated heterocycles. The maximum atomic E-state index is 5.63. The molecule has 0 radical (unpaired) electrons. The van der Waals surface area contributed by atoms with Gasteiger partial charge in [0.25, 0.3) is 0 Å². The van der Waals surface area contributed by atoms with Crippen molar-refractivity contribution in [2.75, 3.05) is 11.9 Å². The minimum Gasteiger partial charge on any atom is -0.359 e. The number of rotatable bonds is 5. The lowest BCUT2D eigenvalue weighted by Gasteiger charge is -2.46. The smallest absolute Gasteiger partial charge is 0.171 e. The fourth-order valence-corrected chi connectivity index (χ4v) is 5.13. The van der Waals surface area contributed by atoms with Crippen molar-refractivity contribution in [2.45, 2.75) is 77.4 Å². The molecule has 2 bridgehead atoms. The molecule has 2 fully saturated rings. The second-order valence-corrected chi connectivity index (χ2v) is 8.68. The van der Waals surface area contributed by atoms with Crippen molar-refractivity contribution in [3.63, 3.8) is 0 Å². The van der Waals surface area contributed by atoms with E-state index in [1.54, 1.807) is 0 Å². The van der Waals surface area contributed by atoms with Gasteiger partial charge < -0.3 is 15.5 Å². The van der Waals surface area contributed by atoms with Gasteiger partial charge in [-0.2, -0.15) is 0 Å². The lowest BCUT2D eigenvalue weighted by atomic mass is 9.81. The summed E-state index contributed by atoms with van der Waals surface area (Å²) in [5, 5.41) is 7.85. The number of aryl methyl sites for hydroxylation is 1. The van der Waals surface area contributed by atoms with E-state index in [0.29, 0.717) is 6.04 Å². The number of quaternary nitrogens is 1. The Morgan fingerprint density at radius 2 is 1.88 bits per heavy atom. The Bertz CT molecular complexity index is 572. The van der Waals surface area contributed by atoms with Crippen molar-refractivity contribution >= 4 is 23.0 Å². The third-order valence-electron chi connectivity index (χ3n) is 5.92. The zero-order valence-electron chi connectivity index (χ0n) is 16.0. The normalized spacial score (nSPS) is 28.6. The fraction of sp³-hybridized carbons (Fsp3) is 0.667. The summed E-state index contributed by atoms with van der Waals surface area (Å²) in [7, 11) is 0. The molecule has 0 amide bonds. The molecule has 3 nitrogen and oxygen atoms in total. The van der Waals surface area contributed by atoms with Gasteiger partial charge >= 0.3 is 0 Å². The Morgan fingerprint density at radius 1 is 1.20 bits per heavy atom. The van der Waals surface area contributed by atoms with Crippen molar-refractivity contribution in [3.05, 3.63) is 29.8 Å². The molecule has 0 saturated carbocycles. The Balaban J connectivity index is 1.58. The Kier molecular flexibility index (Phi) is 6.34. The van der Waals surface area contributed by atoms with E-state index in [-0.39, 0.29) is 0 Å². The molecule has 0 aliphatic carbocycles. The first-order chi connectivity index (χ1) is 12.1. The van der Waals surface area contributed by atoms with Crippen LogP contribution in [-0.4, -0.2) is 29.8 Å². The summed E-state index contributed by atoms with van der Waals surface area (Å²) < 4.78 is 0. The van der Waals surface area contributed by atoms with Crippen LogP contribution in [0, 0.1) is 5.92 Å². The average molecular weight is 361 g/mol. The number of para-hydroxylation sites is 1.